The Morgan fingerprint density at radius 2 is 1.70 bits per heavy atom. The Hall–Kier alpha value is -0.820. The van der Waals surface area contributed by atoms with Crippen LogP contribution in [0.15, 0.2) is 24.3 Å². The van der Waals surface area contributed by atoms with Crippen LogP contribution < -0.4 is 5.32 Å². The summed E-state index contributed by atoms with van der Waals surface area (Å²) in [6.45, 7) is 3.32. The molecule has 1 nitrogen and oxygen atoms in total. The molecule has 2 fully saturated rings. The largest absolute Gasteiger partial charge is 0.310 e. The van der Waals surface area contributed by atoms with Crippen LogP contribution in [0.3, 0.4) is 0 Å². The van der Waals surface area contributed by atoms with Crippen LogP contribution in [0.4, 0.5) is 0 Å². The molecule has 0 radical (unpaired) electrons. The molecule has 2 saturated carbocycles. The Morgan fingerprint density at radius 3 is 2.50 bits per heavy atom. The molecule has 0 saturated heterocycles. The average Bonchev–Trinajstić information content (AvgIpc) is 2.53. The van der Waals surface area contributed by atoms with Gasteiger partial charge in [0.1, 0.15) is 0 Å². The van der Waals surface area contributed by atoms with E-state index in [9.17, 15) is 0 Å². The molecule has 1 aromatic carbocycles. The number of nitrogens with one attached hydrogen (secondary N) is 1. The lowest BCUT2D eigenvalue weighted by Crippen LogP contribution is -2.38. The molecule has 110 valence electrons. The number of hydrogen-bond acceptors (Lipinski definition) is 1. The number of rotatable bonds is 4. The molecule has 3 atom stereocenters. The van der Waals surface area contributed by atoms with Crippen LogP contribution in [0.5, 0.6) is 0 Å². The van der Waals surface area contributed by atoms with Crippen LogP contribution >= 0.6 is 0 Å². The van der Waals surface area contributed by atoms with E-state index >= 15 is 0 Å². The van der Waals surface area contributed by atoms with Crippen molar-refractivity contribution in [1.82, 2.24) is 5.32 Å². The van der Waals surface area contributed by atoms with Crippen molar-refractivity contribution in [2.45, 2.75) is 70.9 Å². The van der Waals surface area contributed by atoms with Gasteiger partial charge in [-0.3, -0.25) is 0 Å². The van der Waals surface area contributed by atoms with E-state index in [1.807, 2.05) is 0 Å². The van der Waals surface area contributed by atoms with Crippen LogP contribution in [-0.4, -0.2) is 6.04 Å². The van der Waals surface area contributed by atoms with Gasteiger partial charge in [-0.05, 0) is 48.6 Å². The molecular formula is C19H29N. The minimum atomic E-state index is 0.763. The van der Waals surface area contributed by atoms with Crippen molar-refractivity contribution < 1.29 is 0 Å². The molecule has 0 bridgehead atoms. The first-order valence-corrected chi connectivity index (χ1v) is 8.67. The Kier molecular flexibility index (Phi) is 4.77. The minimum Gasteiger partial charge on any atom is -0.310 e. The van der Waals surface area contributed by atoms with Gasteiger partial charge in [-0.15, -0.1) is 0 Å². The van der Waals surface area contributed by atoms with Crippen molar-refractivity contribution in [2.75, 3.05) is 0 Å². The topological polar surface area (TPSA) is 12.0 Å². The van der Waals surface area contributed by atoms with Gasteiger partial charge in [-0.25, -0.2) is 0 Å². The maximum absolute atomic E-state index is 3.85. The highest BCUT2D eigenvalue weighted by molar-refractivity contribution is 5.26. The van der Waals surface area contributed by atoms with Crippen molar-refractivity contribution in [3.8, 4) is 0 Å². The molecule has 3 unspecified atom stereocenters. The first kappa shape index (κ1) is 14.1. The fraction of sp³-hybridized carbons (Fsp3) is 0.684. The average molecular weight is 271 g/mol. The summed E-state index contributed by atoms with van der Waals surface area (Å²) in [5.74, 6) is 2.08. The Bertz CT molecular complexity index is 426. The molecule has 0 amide bonds. The molecule has 1 aromatic rings. The maximum Gasteiger partial charge on any atom is 0.0210 e. The van der Waals surface area contributed by atoms with Gasteiger partial charge in [0, 0.05) is 12.6 Å². The molecule has 3 rings (SSSR count). The zero-order valence-electron chi connectivity index (χ0n) is 12.9. The van der Waals surface area contributed by atoms with Crippen molar-refractivity contribution in [3.63, 3.8) is 0 Å². The van der Waals surface area contributed by atoms with Crippen molar-refractivity contribution >= 4 is 0 Å². The summed E-state index contributed by atoms with van der Waals surface area (Å²) in [7, 11) is 0. The van der Waals surface area contributed by atoms with Crippen molar-refractivity contribution in [1.29, 1.82) is 0 Å². The van der Waals surface area contributed by atoms with E-state index < -0.39 is 0 Å². The molecule has 2 aliphatic carbocycles. The fourth-order valence-corrected chi connectivity index (χ4v) is 4.39. The smallest absolute Gasteiger partial charge is 0.0210 e. The second-order valence-electron chi connectivity index (χ2n) is 6.82. The highest BCUT2D eigenvalue weighted by Gasteiger charge is 2.31. The summed E-state index contributed by atoms with van der Waals surface area (Å²) in [6, 6.07) is 9.66. The first-order valence-electron chi connectivity index (χ1n) is 8.67. The lowest BCUT2D eigenvalue weighted by atomic mass is 9.69. The summed E-state index contributed by atoms with van der Waals surface area (Å²) < 4.78 is 0. The fourth-order valence-electron chi connectivity index (χ4n) is 4.39. The molecule has 0 heterocycles. The second-order valence-corrected chi connectivity index (χ2v) is 6.82. The van der Waals surface area contributed by atoms with E-state index in [0.717, 1.165) is 30.8 Å². The molecular weight excluding hydrogens is 242 g/mol. The van der Waals surface area contributed by atoms with Crippen molar-refractivity contribution in [2.24, 2.45) is 11.8 Å². The zero-order valence-corrected chi connectivity index (χ0v) is 12.9. The van der Waals surface area contributed by atoms with E-state index in [0.29, 0.717) is 0 Å². The second kappa shape index (κ2) is 6.76. The molecule has 0 aromatic heterocycles. The third-order valence-electron chi connectivity index (χ3n) is 5.62. The minimum absolute atomic E-state index is 0.763. The van der Waals surface area contributed by atoms with Gasteiger partial charge in [0.15, 0.2) is 0 Å². The lowest BCUT2D eigenvalue weighted by Gasteiger charge is -2.39. The van der Waals surface area contributed by atoms with Gasteiger partial charge in [0.2, 0.25) is 0 Å². The van der Waals surface area contributed by atoms with Crippen LogP contribution in [0.1, 0.15) is 63.0 Å². The van der Waals surface area contributed by atoms with Gasteiger partial charge in [0.05, 0.1) is 0 Å². The highest BCUT2D eigenvalue weighted by atomic mass is 14.9. The maximum atomic E-state index is 3.85. The SMILES string of the molecule is CCc1ccccc1CNC1CCC2CCCCC2C1. The Labute approximate surface area is 124 Å². The Balaban J connectivity index is 1.53. The van der Waals surface area contributed by atoms with Gasteiger partial charge >= 0.3 is 0 Å². The summed E-state index contributed by atoms with van der Waals surface area (Å²) >= 11 is 0. The summed E-state index contributed by atoms with van der Waals surface area (Å²) in [5, 5.41) is 3.85. The number of benzene rings is 1. The predicted molar refractivity (Wildman–Crippen MR) is 85.7 cm³/mol. The monoisotopic (exact) mass is 271 g/mol. The van der Waals surface area contributed by atoms with Crippen LogP contribution in [0.25, 0.3) is 0 Å². The lowest BCUT2D eigenvalue weighted by molar-refractivity contribution is 0.143. The van der Waals surface area contributed by atoms with E-state index in [-0.39, 0.29) is 0 Å². The van der Waals surface area contributed by atoms with Gasteiger partial charge in [0.25, 0.3) is 0 Å². The van der Waals surface area contributed by atoms with Gasteiger partial charge < -0.3 is 5.32 Å². The van der Waals surface area contributed by atoms with Crippen LogP contribution in [0, 0.1) is 11.8 Å². The summed E-state index contributed by atoms with van der Waals surface area (Å²) in [4.78, 5) is 0. The number of aryl methyl sites for hydroxylation is 1. The summed E-state index contributed by atoms with van der Waals surface area (Å²) in [5.41, 5.74) is 3.01. The zero-order chi connectivity index (χ0) is 13.8. The Morgan fingerprint density at radius 1 is 0.950 bits per heavy atom. The molecule has 0 aliphatic heterocycles. The molecule has 2 aliphatic rings. The van der Waals surface area contributed by atoms with Crippen LogP contribution in [0.2, 0.25) is 0 Å². The van der Waals surface area contributed by atoms with E-state index in [1.165, 1.54) is 56.1 Å². The first-order chi connectivity index (χ1) is 9.86. The number of fused-ring (bicyclic) bond motifs is 1. The van der Waals surface area contributed by atoms with E-state index in [2.05, 4.69) is 36.5 Å². The molecule has 0 spiro atoms. The van der Waals surface area contributed by atoms with Crippen molar-refractivity contribution in [3.05, 3.63) is 35.4 Å². The molecule has 20 heavy (non-hydrogen) atoms. The summed E-state index contributed by atoms with van der Waals surface area (Å²) in [6.07, 6.45) is 11.4. The predicted octanol–water partition coefficient (Wildman–Crippen LogP) is 4.70. The van der Waals surface area contributed by atoms with Gasteiger partial charge in [-0.2, -0.15) is 0 Å². The third-order valence-corrected chi connectivity index (χ3v) is 5.62. The molecule has 1 heteroatoms. The normalized spacial score (nSPS) is 29.9. The quantitative estimate of drug-likeness (QED) is 0.837. The third kappa shape index (κ3) is 3.25. The standard InChI is InChI=1S/C19H29N/c1-2-15-7-3-6-10-18(15)14-20-19-12-11-16-8-4-5-9-17(16)13-19/h3,6-7,10,16-17,19-20H,2,4-5,8-9,11-14H2,1H3. The molecule has 1 N–H and O–H groups in total. The van der Waals surface area contributed by atoms with E-state index in [4.69, 9.17) is 0 Å². The highest BCUT2D eigenvalue weighted by Crippen LogP contribution is 2.40. The van der Waals surface area contributed by atoms with E-state index in [1.54, 1.807) is 0 Å². The number of hydrogen-bond donors (Lipinski definition) is 1. The van der Waals surface area contributed by atoms with Gasteiger partial charge in [-0.1, -0.05) is 56.9 Å². The van der Waals surface area contributed by atoms with Crippen LogP contribution in [-0.2, 0) is 13.0 Å².